The Morgan fingerprint density at radius 2 is 2.00 bits per heavy atom. The summed E-state index contributed by atoms with van der Waals surface area (Å²) in [7, 11) is 0. The minimum Gasteiger partial charge on any atom is -0.490 e. The van der Waals surface area contributed by atoms with Gasteiger partial charge in [0, 0.05) is 29.9 Å². The second-order valence-electron chi connectivity index (χ2n) is 8.60. The normalized spacial score (nSPS) is 20.1. The Labute approximate surface area is 210 Å². The van der Waals surface area contributed by atoms with Crippen LogP contribution in [0, 0.1) is 17.2 Å². The van der Waals surface area contributed by atoms with E-state index in [2.05, 4.69) is 34.2 Å². The number of nitrogens with two attached hydrogens (primary N) is 1. The van der Waals surface area contributed by atoms with Crippen molar-refractivity contribution in [2.75, 3.05) is 33.0 Å². The molecule has 0 radical (unpaired) electrons. The third-order valence-corrected chi connectivity index (χ3v) is 6.72. The average molecular weight is 532 g/mol. The minimum absolute atomic E-state index is 0.115. The Hall–Kier alpha value is -2.34. The molecule has 0 aromatic heterocycles. The van der Waals surface area contributed by atoms with Crippen LogP contribution in [0.3, 0.4) is 0 Å². The maximum Gasteiger partial charge on any atom is 0.175 e. The number of Topliss-reactive ketones (excluding diaryl/α,β-unsaturated/α-hetero) is 1. The molecule has 0 saturated carbocycles. The number of rotatable bonds is 11. The summed E-state index contributed by atoms with van der Waals surface area (Å²) in [6.07, 6.45) is 3.41. The van der Waals surface area contributed by atoms with Crippen molar-refractivity contribution in [2.45, 2.75) is 52.4 Å². The molecular formula is C26H34BrN3O4. The standard InChI is InChI=1S/C26H34BrN3O4/c1-4-6-17-11-21-25(22(31)12-17)24(19(15-29)16(3)30-21)18-13-20(27)26(23(14-18)33-5-2)34-10-9-32-8-7-28/h13-14,17,24,30H,4-12,28H2,1-3H3. The summed E-state index contributed by atoms with van der Waals surface area (Å²) in [6, 6.07) is 6.16. The Balaban J connectivity index is 2.00. The van der Waals surface area contributed by atoms with Crippen LogP contribution in [0.15, 0.2) is 39.1 Å². The molecule has 1 aliphatic carbocycles. The van der Waals surface area contributed by atoms with Gasteiger partial charge in [-0.05, 0) is 66.2 Å². The number of halogens is 1. The molecule has 1 aromatic carbocycles. The molecule has 0 amide bonds. The summed E-state index contributed by atoms with van der Waals surface area (Å²) in [6.45, 7) is 8.10. The molecule has 0 bridgehead atoms. The van der Waals surface area contributed by atoms with Crippen LogP contribution in [0.25, 0.3) is 0 Å². The van der Waals surface area contributed by atoms with Gasteiger partial charge in [-0.1, -0.05) is 13.3 Å². The number of nitriles is 1. The van der Waals surface area contributed by atoms with Crippen LogP contribution < -0.4 is 20.5 Å². The third kappa shape index (κ3) is 5.83. The summed E-state index contributed by atoms with van der Waals surface area (Å²) in [5, 5.41) is 13.4. The van der Waals surface area contributed by atoms with Gasteiger partial charge in [-0.2, -0.15) is 5.26 Å². The van der Waals surface area contributed by atoms with Crippen LogP contribution in [0.4, 0.5) is 0 Å². The number of carbonyl (C=O) groups is 1. The highest BCUT2D eigenvalue weighted by Crippen LogP contribution is 2.47. The molecule has 1 aliphatic heterocycles. The second-order valence-corrected chi connectivity index (χ2v) is 9.45. The van der Waals surface area contributed by atoms with E-state index < -0.39 is 5.92 Å². The first-order chi connectivity index (χ1) is 16.4. The molecule has 0 spiro atoms. The van der Waals surface area contributed by atoms with E-state index in [4.69, 9.17) is 19.9 Å². The first-order valence-corrected chi connectivity index (χ1v) is 12.7. The predicted octanol–water partition coefficient (Wildman–Crippen LogP) is 4.72. The summed E-state index contributed by atoms with van der Waals surface area (Å²) >= 11 is 3.63. The number of hydrogen-bond acceptors (Lipinski definition) is 7. The molecule has 2 atom stereocenters. The molecule has 34 heavy (non-hydrogen) atoms. The van der Waals surface area contributed by atoms with Gasteiger partial charge in [-0.25, -0.2) is 0 Å². The van der Waals surface area contributed by atoms with E-state index in [1.54, 1.807) is 0 Å². The van der Waals surface area contributed by atoms with Crippen molar-refractivity contribution in [3.63, 3.8) is 0 Å². The van der Waals surface area contributed by atoms with Gasteiger partial charge in [0.25, 0.3) is 0 Å². The molecule has 2 aliphatic rings. The largest absolute Gasteiger partial charge is 0.490 e. The van der Waals surface area contributed by atoms with Crippen LogP contribution in [-0.4, -0.2) is 38.8 Å². The molecule has 3 rings (SSSR count). The Morgan fingerprint density at radius 1 is 1.21 bits per heavy atom. The fraction of sp³-hybridized carbons (Fsp3) is 0.538. The van der Waals surface area contributed by atoms with Crippen molar-refractivity contribution >= 4 is 21.7 Å². The molecule has 0 fully saturated rings. The zero-order valence-electron chi connectivity index (χ0n) is 20.2. The van der Waals surface area contributed by atoms with Gasteiger partial charge in [0.2, 0.25) is 0 Å². The minimum atomic E-state index is -0.436. The Morgan fingerprint density at radius 3 is 2.68 bits per heavy atom. The molecule has 7 nitrogen and oxygen atoms in total. The van der Waals surface area contributed by atoms with Crippen LogP contribution in [0.5, 0.6) is 11.5 Å². The number of carbonyl (C=O) groups excluding carboxylic acids is 1. The quantitative estimate of drug-likeness (QED) is 0.397. The van der Waals surface area contributed by atoms with Gasteiger partial charge in [0.1, 0.15) is 6.61 Å². The van der Waals surface area contributed by atoms with Crippen LogP contribution >= 0.6 is 15.9 Å². The van der Waals surface area contributed by atoms with Crippen LogP contribution in [0.1, 0.15) is 57.9 Å². The lowest BCUT2D eigenvalue weighted by Gasteiger charge is -2.35. The molecule has 1 aromatic rings. The lowest BCUT2D eigenvalue weighted by molar-refractivity contribution is -0.117. The first kappa shape index (κ1) is 26.3. The molecule has 184 valence electrons. The van der Waals surface area contributed by atoms with E-state index in [1.807, 2.05) is 26.0 Å². The van der Waals surface area contributed by atoms with Crippen molar-refractivity contribution < 1.29 is 19.0 Å². The van der Waals surface area contributed by atoms with Gasteiger partial charge < -0.3 is 25.3 Å². The lowest BCUT2D eigenvalue weighted by atomic mass is 9.72. The van der Waals surface area contributed by atoms with Gasteiger partial charge in [0.15, 0.2) is 17.3 Å². The second kappa shape index (κ2) is 12.4. The maximum absolute atomic E-state index is 13.3. The number of dihydropyridines is 1. The molecule has 1 heterocycles. The van der Waals surface area contributed by atoms with E-state index >= 15 is 0 Å². The van der Waals surface area contributed by atoms with E-state index in [0.717, 1.165) is 36.2 Å². The smallest absolute Gasteiger partial charge is 0.175 e. The summed E-state index contributed by atoms with van der Waals surface area (Å²) in [4.78, 5) is 13.3. The van der Waals surface area contributed by atoms with Crippen molar-refractivity contribution in [3.8, 4) is 17.6 Å². The van der Waals surface area contributed by atoms with E-state index in [1.165, 1.54) is 0 Å². The number of ketones is 1. The molecular weight excluding hydrogens is 498 g/mol. The number of benzene rings is 1. The zero-order chi connectivity index (χ0) is 24.7. The van der Waals surface area contributed by atoms with Crippen LogP contribution in [-0.2, 0) is 9.53 Å². The number of nitrogens with one attached hydrogen (secondary N) is 1. The van der Waals surface area contributed by atoms with E-state index in [0.29, 0.717) is 72.4 Å². The predicted molar refractivity (Wildman–Crippen MR) is 135 cm³/mol. The highest BCUT2D eigenvalue weighted by molar-refractivity contribution is 9.10. The Bertz CT molecular complexity index is 1010. The number of hydrogen-bond donors (Lipinski definition) is 2. The van der Waals surface area contributed by atoms with E-state index in [9.17, 15) is 10.1 Å². The fourth-order valence-corrected chi connectivity index (χ4v) is 5.33. The maximum atomic E-state index is 13.3. The fourth-order valence-electron chi connectivity index (χ4n) is 4.76. The van der Waals surface area contributed by atoms with Crippen molar-refractivity contribution in [1.82, 2.24) is 5.32 Å². The summed E-state index contributed by atoms with van der Waals surface area (Å²) in [5.74, 6) is 1.15. The summed E-state index contributed by atoms with van der Waals surface area (Å²) in [5.41, 5.74) is 9.28. The van der Waals surface area contributed by atoms with Gasteiger partial charge >= 0.3 is 0 Å². The summed E-state index contributed by atoms with van der Waals surface area (Å²) < 4.78 is 18.0. The number of nitrogens with zero attached hydrogens (tertiary/aromatic N) is 1. The third-order valence-electron chi connectivity index (χ3n) is 6.13. The van der Waals surface area contributed by atoms with Crippen molar-refractivity contribution in [3.05, 3.63) is 44.7 Å². The lowest BCUT2D eigenvalue weighted by Crippen LogP contribution is -2.34. The average Bonchev–Trinajstić information content (AvgIpc) is 2.79. The van der Waals surface area contributed by atoms with E-state index in [-0.39, 0.29) is 5.78 Å². The number of ether oxygens (including phenoxy) is 3. The number of allylic oxidation sites excluding steroid dienone is 4. The highest BCUT2D eigenvalue weighted by atomic mass is 79.9. The monoisotopic (exact) mass is 531 g/mol. The molecule has 3 N–H and O–H groups in total. The van der Waals surface area contributed by atoms with Gasteiger partial charge in [0.05, 0.1) is 41.9 Å². The zero-order valence-corrected chi connectivity index (χ0v) is 21.8. The Kier molecular flexibility index (Phi) is 9.57. The SMILES string of the molecule is CCCC1CC(=O)C2=C(C1)NC(C)=C(C#N)C2c1cc(Br)c(OCCOCCN)c(OCC)c1. The highest BCUT2D eigenvalue weighted by Gasteiger charge is 2.39. The van der Waals surface area contributed by atoms with Crippen molar-refractivity contribution in [2.24, 2.45) is 11.7 Å². The van der Waals surface area contributed by atoms with Gasteiger partial charge in [-0.15, -0.1) is 0 Å². The van der Waals surface area contributed by atoms with Crippen LogP contribution in [0.2, 0.25) is 0 Å². The molecule has 2 unspecified atom stereocenters. The molecule has 0 saturated heterocycles. The topological polar surface area (TPSA) is 107 Å². The molecule has 8 heteroatoms. The van der Waals surface area contributed by atoms with Gasteiger partial charge in [-0.3, -0.25) is 4.79 Å². The van der Waals surface area contributed by atoms with Crippen molar-refractivity contribution in [1.29, 1.82) is 5.26 Å². The first-order valence-electron chi connectivity index (χ1n) is 12.0.